The number of benzene rings is 1. The quantitative estimate of drug-likeness (QED) is 0.573. The number of ether oxygens (including phenoxy) is 1. The Balaban J connectivity index is 2.70. The zero-order valence-electron chi connectivity index (χ0n) is 10.4. The number of nitrogens with one attached hydrogen (secondary N) is 1. The second kappa shape index (κ2) is 6.26. The molecule has 0 aliphatic carbocycles. The molecule has 3 heteroatoms. The van der Waals surface area contributed by atoms with E-state index in [-0.39, 0.29) is 6.10 Å². The van der Waals surface area contributed by atoms with Crippen molar-refractivity contribution in [3.8, 4) is 5.75 Å². The zero-order valence-corrected chi connectivity index (χ0v) is 10.4. The van der Waals surface area contributed by atoms with Gasteiger partial charge in [-0.05, 0) is 32.4 Å². The first-order chi connectivity index (χ1) is 7.65. The van der Waals surface area contributed by atoms with E-state index in [1.54, 1.807) is 0 Å². The minimum absolute atomic E-state index is 0.146. The Bertz CT molecular complexity index is 324. The maximum absolute atomic E-state index is 6.03. The molecule has 0 spiro atoms. The van der Waals surface area contributed by atoms with Gasteiger partial charge in [0.1, 0.15) is 5.75 Å². The Morgan fingerprint density at radius 3 is 2.75 bits per heavy atom. The van der Waals surface area contributed by atoms with Crippen LogP contribution in [0.4, 0.5) is 11.4 Å². The average molecular weight is 222 g/mol. The van der Waals surface area contributed by atoms with Crippen molar-refractivity contribution in [1.29, 1.82) is 0 Å². The summed E-state index contributed by atoms with van der Waals surface area (Å²) in [5, 5.41) is 3.32. The van der Waals surface area contributed by atoms with Crippen molar-refractivity contribution in [3.63, 3.8) is 0 Å². The molecule has 90 valence electrons. The lowest BCUT2D eigenvalue weighted by Gasteiger charge is -2.15. The molecule has 0 heterocycles. The van der Waals surface area contributed by atoms with Gasteiger partial charge in [0.25, 0.3) is 0 Å². The Hall–Kier alpha value is -1.38. The number of rotatable bonds is 6. The maximum atomic E-state index is 6.03. The Morgan fingerprint density at radius 1 is 1.38 bits per heavy atom. The van der Waals surface area contributed by atoms with Gasteiger partial charge in [-0.15, -0.1) is 0 Å². The fourth-order valence-electron chi connectivity index (χ4n) is 1.45. The van der Waals surface area contributed by atoms with E-state index >= 15 is 0 Å². The number of hydrogen-bond acceptors (Lipinski definition) is 3. The summed E-state index contributed by atoms with van der Waals surface area (Å²) >= 11 is 0. The molecule has 0 aliphatic heterocycles. The van der Waals surface area contributed by atoms with E-state index < -0.39 is 0 Å². The lowest BCUT2D eigenvalue weighted by molar-refractivity contribution is 0.244. The van der Waals surface area contributed by atoms with Crippen LogP contribution in [-0.2, 0) is 0 Å². The fraction of sp³-hybridized carbons (Fsp3) is 0.538. The van der Waals surface area contributed by atoms with E-state index in [2.05, 4.69) is 12.2 Å². The first kappa shape index (κ1) is 12.7. The molecule has 0 bridgehead atoms. The van der Waals surface area contributed by atoms with Crippen molar-refractivity contribution in [3.05, 3.63) is 18.2 Å². The standard InChI is InChI=1S/C13H22N2O/c1-4-5-9-15-11-7-6-8-12(13(11)14)16-10(2)3/h6-8,10,15H,4-5,9,14H2,1-3H3. The van der Waals surface area contributed by atoms with Crippen LogP contribution < -0.4 is 15.8 Å². The summed E-state index contributed by atoms with van der Waals surface area (Å²) in [6.45, 7) is 7.11. The van der Waals surface area contributed by atoms with Crippen molar-refractivity contribution < 1.29 is 4.74 Å². The van der Waals surface area contributed by atoms with Crippen LogP contribution in [0, 0.1) is 0 Å². The minimum atomic E-state index is 0.146. The Labute approximate surface area is 98.0 Å². The first-order valence-corrected chi connectivity index (χ1v) is 5.94. The third-order valence-electron chi connectivity index (χ3n) is 2.27. The molecule has 0 fully saturated rings. The zero-order chi connectivity index (χ0) is 12.0. The van der Waals surface area contributed by atoms with Gasteiger partial charge < -0.3 is 15.8 Å². The lowest BCUT2D eigenvalue weighted by Crippen LogP contribution is -2.09. The van der Waals surface area contributed by atoms with E-state index in [0.717, 1.165) is 24.4 Å². The highest BCUT2D eigenvalue weighted by Gasteiger charge is 2.06. The predicted octanol–water partition coefficient (Wildman–Crippen LogP) is 3.27. The van der Waals surface area contributed by atoms with Crippen molar-refractivity contribution in [1.82, 2.24) is 0 Å². The van der Waals surface area contributed by atoms with Crippen LogP contribution in [0.15, 0.2) is 18.2 Å². The molecule has 3 N–H and O–H groups in total. The molecule has 0 unspecified atom stereocenters. The van der Waals surface area contributed by atoms with Crippen molar-refractivity contribution in [2.24, 2.45) is 0 Å². The largest absolute Gasteiger partial charge is 0.489 e. The molecule has 0 saturated heterocycles. The molecule has 16 heavy (non-hydrogen) atoms. The molecule has 0 aliphatic rings. The number of para-hydroxylation sites is 1. The predicted molar refractivity (Wildman–Crippen MR) is 70.0 cm³/mol. The summed E-state index contributed by atoms with van der Waals surface area (Å²) in [7, 11) is 0. The fourth-order valence-corrected chi connectivity index (χ4v) is 1.45. The third kappa shape index (κ3) is 3.65. The second-order valence-electron chi connectivity index (χ2n) is 4.16. The summed E-state index contributed by atoms with van der Waals surface area (Å²) in [5.41, 5.74) is 7.69. The van der Waals surface area contributed by atoms with Gasteiger partial charge in [0, 0.05) is 6.54 Å². The molecule has 0 radical (unpaired) electrons. The van der Waals surface area contributed by atoms with Gasteiger partial charge in [0.15, 0.2) is 0 Å². The maximum Gasteiger partial charge on any atom is 0.144 e. The van der Waals surface area contributed by atoms with E-state index in [1.165, 1.54) is 6.42 Å². The van der Waals surface area contributed by atoms with Crippen LogP contribution >= 0.6 is 0 Å². The SMILES string of the molecule is CCCCNc1cccc(OC(C)C)c1N. The number of hydrogen-bond donors (Lipinski definition) is 2. The number of unbranched alkanes of at least 4 members (excludes halogenated alkanes) is 1. The van der Waals surface area contributed by atoms with Gasteiger partial charge in [-0.2, -0.15) is 0 Å². The topological polar surface area (TPSA) is 47.3 Å². The van der Waals surface area contributed by atoms with Crippen molar-refractivity contribution >= 4 is 11.4 Å². The number of anilines is 2. The van der Waals surface area contributed by atoms with Crippen molar-refractivity contribution in [2.45, 2.75) is 39.7 Å². The molecule has 0 aromatic heterocycles. The molecule has 3 nitrogen and oxygen atoms in total. The summed E-state index contributed by atoms with van der Waals surface area (Å²) in [5.74, 6) is 0.761. The molecule has 0 amide bonds. The molecule has 1 rings (SSSR count). The molecule has 0 saturated carbocycles. The monoisotopic (exact) mass is 222 g/mol. The highest BCUT2D eigenvalue weighted by Crippen LogP contribution is 2.29. The van der Waals surface area contributed by atoms with E-state index in [0.29, 0.717) is 5.69 Å². The smallest absolute Gasteiger partial charge is 0.144 e. The van der Waals surface area contributed by atoms with Gasteiger partial charge in [-0.1, -0.05) is 19.4 Å². The molecular formula is C13H22N2O. The Morgan fingerprint density at radius 2 is 2.12 bits per heavy atom. The van der Waals surface area contributed by atoms with Crippen LogP contribution in [0.5, 0.6) is 5.75 Å². The second-order valence-corrected chi connectivity index (χ2v) is 4.16. The summed E-state index contributed by atoms with van der Waals surface area (Å²) < 4.78 is 5.63. The number of nitrogens with two attached hydrogens (primary N) is 1. The van der Waals surface area contributed by atoms with Crippen LogP contribution in [-0.4, -0.2) is 12.6 Å². The Kier molecular flexibility index (Phi) is 4.96. The first-order valence-electron chi connectivity index (χ1n) is 5.94. The van der Waals surface area contributed by atoms with E-state index in [1.807, 2.05) is 32.0 Å². The average Bonchev–Trinajstić information content (AvgIpc) is 2.23. The molecule has 1 aromatic rings. The van der Waals surface area contributed by atoms with Crippen LogP contribution in [0.25, 0.3) is 0 Å². The van der Waals surface area contributed by atoms with Crippen LogP contribution in [0.2, 0.25) is 0 Å². The van der Waals surface area contributed by atoms with Crippen molar-refractivity contribution in [2.75, 3.05) is 17.6 Å². The summed E-state index contributed by atoms with van der Waals surface area (Å²) in [6.07, 6.45) is 2.47. The van der Waals surface area contributed by atoms with Gasteiger partial charge in [-0.3, -0.25) is 0 Å². The van der Waals surface area contributed by atoms with Gasteiger partial charge in [0.2, 0.25) is 0 Å². The molecule has 1 aromatic carbocycles. The lowest BCUT2D eigenvalue weighted by atomic mass is 10.2. The number of nitrogen functional groups attached to an aromatic ring is 1. The highest BCUT2D eigenvalue weighted by atomic mass is 16.5. The molecule has 0 atom stereocenters. The van der Waals surface area contributed by atoms with Gasteiger partial charge >= 0.3 is 0 Å². The molecular weight excluding hydrogens is 200 g/mol. The van der Waals surface area contributed by atoms with Crippen LogP contribution in [0.3, 0.4) is 0 Å². The summed E-state index contributed by atoms with van der Waals surface area (Å²) in [4.78, 5) is 0. The van der Waals surface area contributed by atoms with E-state index in [9.17, 15) is 0 Å². The van der Waals surface area contributed by atoms with Gasteiger partial charge in [-0.25, -0.2) is 0 Å². The van der Waals surface area contributed by atoms with Crippen LogP contribution in [0.1, 0.15) is 33.6 Å². The normalized spacial score (nSPS) is 10.5. The minimum Gasteiger partial charge on any atom is -0.489 e. The summed E-state index contributed by atoms with van der Waals surface area (Å²) in [6, 6.07) is 5.85. The van der Waals surface area contributed by atoms with E-state index in [4.69, 9.17) is 10.5 Å². The third-order valence-corrected chi connectivity index (χ3v) is 2.27. The van der Waals surface area contributed by atoms with Gasteiger partial charge in [0.05, 0.1) is 17.5 Å². The highest BCUT2D eigenvalue weighted by molar-refractivity contribution is 5.72.